The minimum Gasteiger partial charge on any atom is -0.304 e. The fraction of sp³-hybridized carbons (Fsp3) is 0.333. The van der Waals surface area contributed by atoms with Crippen molar-refractivity contribution in [2.75, 3.05) is 0 Å². The number of rotatable bonds is 4. The van der Waals surface area contributed by atoms with Crippen LogP contribution in [0.2, 0.25) is 0 Å². The van der Waals surface area contributed by atoms with Crippen molar-refractivity contribution in [3.8, 4) is 0 Å². The van der Waals surface area contributed by atoms with Crippen molar-refractivity contribution in [2.24, 2.45) is 0 Å². The zero-order chi connectivity index (χ0) is 15.6. The van der Waals surface area contributed by atoms with Gasteiger partial charge < -0.3 is 5.32 Å². The van der Waals surface area contributed by atoms with Gasteiger partial charge in [-0.05, 0) is 51.0 Å². The van der Waals surface area contributed by atoms with Crippen LogP contribution in [0.4, 0.5) is 4.39 Å². The lowest BCUT2D eigenvalue weighted by Gasteiger charge is -2.23. The number of nitrogens with one attached hydrogen (secondary N) is 1. The molecule has 112 valence electrons. The van der Waals surface area contributed by atoms with E-state index in [-0.39, 0.29) is 17.9 Å². The summed E-state index contributed by atoms with van der Waals surface area (Å²) in [5.74, 6) is -0.183. The fourth-order valence-corrected chi connectivity index (χ4v) is 2.97. The third-order valence-corrected chi connectivity index (χ3v) is 4.32. The third-order valence-electron chi connectivity index (χ3n) is 3.83. The summed E-state index contributed by atoms with van der Waals surface area (Å²) in [6, 6.07) is 11.8. The molecule has 0 amide bonds. The van der Waals surface area contributed by atoms with Crippen molar-refractivity contribution in [1.82, 2.24) is 5.32 Å². The molecular weight excluding hydrogens is 329 g/mol. The molecule has 0 bridgehead atoms. The number of hydrogen-bond donors (Lipinski definition) is 1. The van der Waals surface area contributed by atoms with E-state index in [4.69, 9.17) is 0 Å². The van der Waals surface area contributed by atoms with Crippen LogP contribution < -0.4 is 5.32 Å². The van der Waals surface area contributed by atoms with E-state index in [1.807, 2.05) is 19.1 Å². The van der Waals surface area contributed by atoms with Crippen LogP contribution in [-0.2, 0) is 0 Å². The van der Waals surface area contributed by atoms with Crippen LogP contribution in [0.3, 0.4) is 0 Å². The molecule has 2 aromatic rings. The highest BCUT2D eigenvalue weighted by Crippen LogP contribution is 2.25. The van der Waals surface area contributed by atoms with Gasteiger partial charge in [0.05, 0.1) is 0 Å². The first kappa shape index (κ1) is 16.2. The minimum atomic E-state index is -0.183. The summed E-state index contributed by atoms with van der Waals surface area (Å²) in [6.07, 6.45) is 0. The molecule has 3 heteroatoms. The molecule has 0 heterocycles. The van der Waals surface area contributed by atoms with Crippen molar-refractivity contribution in [2.45, 2.75) is 39.8 Å². The Kier molecular flexibility index (Phi) is 5.17. The fourth-order valence-electron chi connectivity index (χ4n) is 2.63. The Hall–Kier alpha value is -1.19. The quantitative estimate of drug-likeness (QED) is 0.755. The van der Waals surface area contributed by atoms with Gasteiger partial charge >= 0.3 is 0 Å². The van der Waals surface area contributed by atoms with Crippen LogP contribution in [0.5, 0.6) is 0 Å². The van der Waals surface area contributed by atoms with E-state index < -0.39 is 0 Å². The summed E-state index contributed by atoms with van der Waals surface area (Å²) in [4.78, 5) is 0. The third kappa shape index (κ3) is 3.92. The van der Waals surface area contributed by atoms with Gasteiger partial charge in [-0.1, -0.05) is 45.8 Å². The van der Waals surface area contributed by atoms with Gasteiger partial charge in [0.15, 0.2) is 0 Å². The van der Waals surface area contributed by atoms with E-state index in [0.29, 0.717) is 5.56 Å². The van der Waals surface area contributed by atoms with Crippen LogP contribution in [-0.4, -0.2) is 0 Å². The average Bonchev–Trinajstić information content (AvgIpc) is 2.41. The maximum atomic E-state index is 14.0. The van der Waals surface area contributed by atoms with Gasteiger partial charge in [0.1, 0.15) is 5.82 Å². The van der Waals surface area contributed by atoms with E-state index in [1.54, 1.807) is 0 Å². The van der Waals surface area contributed by atoms with Crippen LogP contribution in [0.1, 0.15) is 48.2 Å². The van der Waals surface area contributed by atoms with Gasteiger partial charge in [0, 0.05) is 22.1 Å². The highest BCUT2D eigenvalue weighted by molar-refractivity contribution is 9.10. The van der Waals surface area contributed by atoms with Gasteiger partial charge in [-0.2, -0.15) is 0 Å². The van der Waals surface area contributed by atoms with Gasteiger partial charge in [-0.25, -0.2) is 4.39 Å². The first-order valence-electron chi connectivity index (χ1n) is 7.16. The number of halogens is 2. The minimum absolute atomic E-state index is 0.0481. The Morgan fingerprint density at radius 1 is 0.952 bits per heavy atom. The van der Waals surface area contributed by atoms with E-state index >= 15 is 0 Å². The number of hydrogen-bond acceptors (Lipinski definition) is 1. The molecule has 0 aromatic heterocycles. The van der Waals surface area contributed by atoms with E-state index in [0.717, 1.165) is 4.47 Å². The molecule has 0 saturated heterocycles. The Morgan fingerprint density at radius 2 is 1.62 bits per heavy atom. The summed E-state index contributed by atoms with van der Waals surface area (Å²) in [6.45, 7) is 8.31. The Morgan fingerprint density at radius 3 is 2.29 bits per heavy atom. The predicted molar refractivity (Wildman–Crippen MR) is 90.0 cm³/mol. The van der Waals surface area contributed by atoms with E-state index in [1.165, 1.54) is 22.8 Å². The molecule has 2 unspecified atom stereocenters. The molecule has 0 aliphatic rings. The summed E-state index contributed by atoms with van der Waals surface area (Å²) in [5, 5.41) is 3.49. The lowest BCUT2D eigenvalue weighted by atomic mass is 9.98. The molecule has 2 atom stereocenters. The molecule has 0 aliphatic heterocycles. The standard InChI is InChI=1S/C18H21BrFN/c1-11-5-6-12(2)17(9-11)14(4)21-13(3)16-8-7-15(19)10-18(16)20/h5-10,13-14,21H,1-4H3. The summed E-state index contributed by atoms with van der Waals surface area (Å²) in [5.41, 5.74) is 4.45. The highest BCUT2D eigenvalue weighted by Gasteiger charge is 2.16. The van der Waals surface area contributed by atoms with Crippen molar-refractivity contribution >= 4 is 15.9 Å². The predicted octanol–water partition coefficient (Wildman–Crippen LogP) is 5.62. The van der Waals surface area contributed by atoms with Crippen LogP contribution in [0.25, 0.3) is 0 Å². The molecule has 2 rings (SSSR count). The normalized spacial score (nSPS) is 14.0. The zero-order valence-electron chi connectivity index (χ0n) is 12.9. The number of aryl methyl sites for hydroxylation is 2. The smallest absolute Gasteiger partial charge is 0.129 e. The molecule has 1 nitrogen and oxygen atoms in total. The largest absolute Gasteiger partial charge is 0.304 e. The van der Waals surface area contributed by atoms with Crippen molar-refractivity contribution in [1.29, 1.82) is 0 Å². The highest BCUT2D eigenvalue weighted by atomic mass is 79.9. The molecule has 0 saturated carbocycles. The molecule has 0 fully saturated rings. The first-order chi connectivity index (χ1) is 9.88. The molecule has 2 aromatic carbocycles. The second kappa shape index (κ2) is 6.71. The van der Waals surface area contributed by atoms with Gasteiger partial charge in [0.25, 0.3) is 0 Å². The first-order valence-corrected chi connectivity index (χ1v) is 7.96. The summed E-state index contributed by atoms with van der Waals surface area (Å²) < 4.78 is 14.8. The van der Waals surface area contributed by atoms with Crippen molar-refractivity contribution in [3.63, 3.8) is 0 Å². The van der Waals surface area contributed by atoms with Crippen LogP contribution >= 0.6 is 15.9 Å². The Labute approximate surface area is 134 Å². The maximum absolute atomic E-state index is 14.0. The Balaban J connectivity index is 2.18. The van der Waals surface area contributed by atoms with Crippen molar-refractivity contribution in [3.05, 3.63) is 68.9 Å². The SMILES string of the molecule is Cc1ccc(C)c(C(C)NC(C)c2ccc(Br)cc2F)c1. The van der Waals surface area contributed by atoms with E-state index in [9.17, 15) is 4.39 Å². The summed E-state index contributed by atoms with van der Waals surface area (Å²) in [7, 11) is 0. The van der Waals surface area contributed by atoms with Crippen molar-refractivity contribution < 1.29 is 4.39 Å². The molecule has 1 N–H and O–H groups in total. The van der Waals surface area contributed by atoms with Crippen LogP contribution in [0.15, 0.2) is 40.9 Å². The zero-order valence-corrected chi connectivity index (χ0v) is 14.5. The topological polar surface area (TPSA) is 12.0 Å². The number of benzene rings is 2. The molecule has 0 aliphatic carbocycles. The van der Waals surface area contributed by atoms with Gasteiger partial charge in [-0.3, -0.25) is 0 Å². The molecule has 21 heavy (non-hydrogen) atoms. The van der Waals surface area contributed by atoms with Gasteiger partial charge in [0.2, 0.25) is 0 Å². The average molecular weight is 350 g/mol. The van der Waals surface area contributed by atoms with Crippen LogP contribution in [0, 0.1) is 19.7 Å². The Bertz CT molecular complexity index is 639. The monoisotopic (exact) mass is 349 g/mol. The van der Waals surface area contributed by atoms with Gasteiger partial charge in [-0.15, -0.1) is 0 Å². The second-order valence-electron chi connectivity index (χ2n) is 5.64. The molecule has 0 spiro atoms. The summed E-state index contributed by atoms with van der Waals surface area (Å²) >= 11 is 3.29. The lowest BCUT2D eigenvalue weighted by Crippen LogP contribution is -2.24. The van der Waals surface area contributed by atoms with E-state index in [2.05, 4.69) is 60.2 Å². The second-order valence-corrected chi connectivity index (χ2v) is 6.55. The maximum Gasteiger partial charge on any atom is 0.129 e. The lowest BCUT2D eigenvalue weighted by molar-refractivity contribution is 0.472. The molecule has 0 radical (unpaired) electrons. The molecular formula is C18H21BrFN.